The Bertz CT molecular complexity index is 1000. The quantitative estimate of drug-likeness (QED) is 0.369. The fraction of sp³-hybridized carbons (Fsp3) is 0.500. The second kappa shape index (κ2) is 11.8. The highest BCUT2D eigenvalue weighted by molar-refractivity contribution is 7.10. The van der Waals surface area contributed by atoms with E-state index < -0.39 is 6.10 Å². The van der Waals surface area contributed by atoms with Crippen LogP contribution in [0, 0.1) is 24.1 Å². The van der Waals surface area contributed by atoms with Crippen LogP contribution in [0.25, 0.3) is 0 Å². The van der Waals surface area contributed by atoms with E-state index in [1.54, 1.807) is 23.5 Å². The maximum absolute atomic E-state index is 13.6. The van der Waals surface area contributed by atoms with Crippen LogP contribution in [0.3, 0.4) is 0 Å². The van der Waals surface area contributed by atoms with Gasteiger partial charge in [0, 0.05) is 30.6 Å². The molecule has 2 heterocycles. The molecule has 0 unspecified atom stereocenters. The zero-order valence-corrected chi connectivity index (χ0v) is 20.0. The van der Waals surface area contributed by atoms with E-state index >= 15 is 0 Å². The molecule has 2 aromatic rings. The fourth-order valence-corrected chi connectivity index (χ4v) is 5.29. The molecular weight excluding hydrogens is 455 g/mol. The summed E-state index contributed by atoms with van der Waals surface area (Å²) in [6, 6.07) is 7.86. The normalized spacial score (nSPS) is 18.4. The van der Waals surface area contributed by atoms with Gasteiger partial charge in [-0.2, -0.15) is 0 Å². The number of fused-ring (bicyclic) bond motifs is 1. The molecule has 1 aliphatic heterocycles. The summed E-state index contributed by atoms with van der Waals surface area (Å²) >= 11 is 1.69. The van der Waals surface area contributed by atoms with Gasteiger partial charge in [0.25, 0.3) is 0 Å². The summed E-state index contributed by atoms with van der Waals surface area (Å²) in [5, 5.41) is 12.4. The number of aliphatic hydroxyl groups is 1. The number of ether oxygens (including phenoxy) is 2. The Morgan fingerprint density at radius 1 is 1.38 bits per heavy atom. The van der Waals surface area contributed by atoms with E-state index in [4.69, 9.17) is 15.9 Å². The van der Waals surface area contributed by atoms with E-state index in [0.29, 0.717) is 24.8 Å². The molecule has 34 heavy (non-hydrogen) atoms. The number of thiophene rings is 1. The van der Waals surface area contributed by atoms with Crippen LogP contribution in [0.1, 0.15) is 29.3 Å². The Balaban J connectivity index is 1.42. The molecule has 1 saturated carbocycles. The van der Waals surface area contributed by atoms with Crippen LogP contribution in [-0.4, -0.2) is 72.9 Å². The largest absolute Gasteiger partial charge is 0.491 e. The zero-order chi connectivity index (χ0) is 23.9. The topological polar surface area (TPSA) is 62.2 Å². The molecule has 1 N–H and O–H groups in total. The van der Waals surface area contributed by atoms with Gasteiger partial charge in [-0.15, -0.1) is 17.8 Å². The van der Waals surface area contributed by atoms with Crippen molar-refractivity contribution in [1.82, 2.24) is 9.80 Å². The molecule has 2 atom stereocenters. The number of rotatable bonds is 12. The maximum Gasteiger partial charge on any atom is 0.237 e. The third-order valence-electron chi connectivity index (χ3n) is 6.16. The lowest BCUT2D eigenvalue weighted by Gasteiger charge is -2.37. The van der Waals surface area contributed by atoms with Crippen molar-refractivity contribution in [2.24, 2.45) is 5.92 Å². The highest BCUT2D eigenvalue weighted by Crippen LogP contribution is 2.34. The van der Waals surface area contributed by atoms with Crippen LogP contribution in [0.2, 0.25) is 0 Å². The monoisotopic (exact) mass is 486 g/mol. The first-order valence-electron chi connectivity index (χ1n) is 11.7. The van der Waals surface area contributed by atoms with Crippen molar-refractivity contribution >= 4 is 17.2 Å². The minimum Gasteiger partial charge on any atom is -0.491 e. The summed E-state index contributed by atoms with van der Waals surface area (Å²) in [6.07, 6.45) is 7.60. The van der Waals surface area contributed by atoms with E-state index in [9.17, 15) is 14.3 Å². The van der Waals surface area contributed by atoms with E-state index in [1.807, 2.05) is 21.2 Å². The van der Waals surface area contributed by atoms with E-state index in [-0.39, 0.29) is 44.1 Å². The SMILES string of the molecule is C#CCOC[C@@H](O)CN(CC(=O)N1CCc2sccc2[C@@H]1COc1cccc(F)c1)CC1CC1. The van der Waals surface area contributed by atoms with Gasteiger partial charge in [-0.05, 0) is 54.3 Å². The van der Waals surface area contributed by atoms with Crippen molar-refractivity contribution in [2.75, 3.05) is 46.0 Å². The van der Waals surface area contributed by atoms with Gasteiger partial charge in [0.1, 0.15) is 24.8 Å². The van der Waals surface area contributed by atoms with Crippen LogP contribution in [-0.2, 0) is 16.0 Å². The molecule has 1 amide bonds. The fourth-order valence-electron chi connectivity index (χ4n) is 4.36. The van der Waals surface area contributed by atoms with E-state index in [0.717, 1.165) is 31.4 Å². The van der Waals surface area contributed by atoms with Gasteiger partial charge in [-0.3, -0.25) is 9.69 Å². The number of halogens is 1. The number of benzene rings is 1. The molecule has 0 bridgehead atoms. The van der Waals surface area contributed by atoms with Gasteiger partial charge >= 0.3 is 0 Å². The Morgan fingerprint density at radius 2 is 2.24 bits per heavy atom. The van der Waals surface area contributed by atoms with Gasteiger partial charge in [-0.1, -0.05) is 12.0 Å². The highest BCUT2D eigenvalue weighted by Gasteiger charge is 2.34. The first-order valence-corrected chi connectivity index (χ1v) is 12.6. The lowest BCUT2D eigenvalue weighted by atomic mass is 10.0. The standard InChI is InChI=1S/C26H31FN2O4S/c1-2-11-32-17-21(30)15-28(14-19-6-7-19)16-26(31)29-10-8-25-23(9-12-34-25)24(29)18-33-22-5-3-4-20(27)13-22/h1,3-5,9,12-13,19,21,24,30H,6-8,10-11,14-18H2/t21-,24-/m0/s1. The minimum absolute atomic E-state index is 0.00193. The molecule has 8 heteroatoms. The molecule has 2 aliphatic rings. The minimum atomic E-state index is -0.711. The summed E-state index contributed by atoms with van der Waals surface area (Å²) < 4.78 is 24.8. The average molecular weight is 487 g/mol. The summed E-state index contributed by atoms with van der Waals surface area (Å²) in [7, 11) is 0. The first kappa shape index (κ1) is 24.7. The molecule has 182 valence electrons. The summed E-state index contributed by atoms with van der Waals surface area (Å²) in [6.45, 7) is 2.51. The molecule has 0 saturated heterocycles. The average Bonchev–Trinajstić information content (AvgIpc) is 3.49. The molecular formula is C26H31FN2O4S. The molecule has 0 radical (unpaired) electrons. The lowest BCUT2D eigenvalue weighted by molar-refractivity contribution is -0.136. The van der Waals surface area contributed by atoms with Crippen molar-refractivity contribution < 1.29 is 23.8 Å². The van der Waals surface area contributed by atoms with Crippen molar-refractivity contribution in [1.29, 1.82) is 0 Å². The predicted octanol–water partition coefficient (Wildman–Crippen LogP) is 3.11. The summed E-state index contributed by atoms with van der Waals surface area (Å²) in [4.78, 5) is 18.6. The molecule has 0 spiro atoms. The smallest absolute Gasteiger partial charge is 0.237 e. The lowest BCUT2D eigenvalue weighted by Crippen LogP contribution is -2.48. The number of amides is 1. The van der Waals surface area contributed by atoms with Crippen LogP contribution in [0.5, 0.6) is 5.75 Å². The molecule has 1 aromatic heterocycles. The van der Waals surface area contributed by atoms with Crippen LogP contribution < -0.4 is 4.74 Å². The van der Waals surface area contributed by atoms with Crippen molar-refractivity contribution in [3.63, 3.8) is 0 Å². The number of nitrogens with zero attached hydrogens (tertiary/aromatic N) is 2. The Morgan fingerprint density at radius 3 is 3.00 bits per heavy atom. The number of carbonyl (C=O) groups excluding carboxylic acids is 1. The molecule has 1 aromatic carbocycles. The molecule has 6 nitrogen and oxygen atoms in total. The Labute approximate surface area is 204 Å². The van der Waals surface area contributed by atoms with Gasteiger partial charge < -0.3 is 19.5 Å². The third kappa shape index (κ3) is 6.80. The summed E-state index contributed by atoms with van der Waals surface area (Å²) in [5.41, 5.74) is 1.09. The molecule has 1 aliphatic carbocycles. The van der Waals surface area contributed by atoms with Gasteiger partial charge in [-0.25, -0.2) is 4.39 Å². The first-order chi connectivity index (χ1) is 16.5. The van der Waals surface area contributed by atoms with E-state index in [1.165, 1.54) is 17.0 Å². The second-order valence-corrected chi connectivity index (χ2v) is 9.93. The van der Waals surface area contributed by atoms with Gasteiger partial charge in [0.05, 0.1) is 25.3 Å². The predicted molar refractivity (Wildman–Crippen MR) is 129 cm³/mol. The highest BCUT2D eigenvalue weighted by atomic mass is 32.1. The summed E-state index contributed by atoms with van der Waals surface area (Å²) in [5.74, 6) is 3.06. The van der Waals surface area contributed by atoms with Gasteiger partial charge in [0.15, 0.2) is 0 Å². The number of hydrogen-bond acceptors (Lipinski definition) is 6. The third-order valence-corrected chi connectivity index (χ3v) is 7.15. The van der Waals surface area contributed by atoms with Crippen LogP contribution >= 0.6 is 11.3 Å². The molecule has 1 fully saturated rings. The molecule has 4 rings (SSSR count). The number of terminal acetylenes is 1. The number of aliphatic hydroxyl groups excluding tert-OH is 1. The van der Waals surface area contributed by atoms with Crippen molar-refractivity contribution in [3.8, 4) is 18.1 Å². The maximum atomic E-state index is 13.6. The number of hydrogen-bond donors (Lipinski definition) is 1. The van der Waals surface area contributed by atoms with Crippen LogP contribution in [0.4, 0.5) is 4.39 Å². The second-order valence-electron chi connectivity index (χ2n) is 8.93. The Kier molecular flexibility index (Phi) is 8.57. The van der Waals surface area contributed by atoms with Crippen LogP contribution in [0.15, 0.2) is 35.7 Å². The Hall–Kier alpha value is -2.44. The number of carbonyl (C=O) groups is 1. The zero-order valence-electron chi connectivity index (χ0n) is 19.2. The van der Waals surface area contributed by atoms with Crippen molar-refractivity contribution in [2.45, 2.75) is 31.4 Å². The van der Waals surface area contributed by atoms with Crippen molar-refractivity contribution in [3.05, 3.63) is 52.0 Å². The van der Waals surface area contributed by atoms with Gasteiger partial charge in [0.2, 0.25) is 5.91 Å². The van der Waals surface area contributed by atoms with E-state index in [2.05, 4.69) is 5.92 Å².